The van der Waals surface area contributed by atoms with Crippen molar-refractivity contribution in [2.75, 3.05) is 13.1 Å². The first-order valence-corrected chi connectivity index (χ1v) is 8.95. The number of ketones is 1. The third kappa shape index (κ3) is 2.67. The summed E-state index contributed by atoms with van der Waals surface area (Å²) in [5, 5.41) is 0. The van der Waals surface area contributed by atoms with Crippen molar-refractivity contribution in [3.63, 3.8) is 0 Å². The number of benzene rings is 2. The Morgan fingerprint density at radius 2 is 1.84 bits per heavy atom. The minimum absolute atomic E-state index is 0.128. The molecule has 1 aliphatic heterocycles. The van der Waals surface area contributed by atoms with Gasteiger partial charge in [0.05, 0.1) is 5.41 Å². The van der Waals surface area contributed by atoms with Crippen LogP contribution in [0.3, 0.4) is 0 Å². The monoisotopic (exact) mass is 329 g/mol. The number of hydrogen-bond acceptors (Lipinski definition) is 2. The molecule has 1 fully saturated rings. The topological polar surface area (TPSA) is 20.3 Å². The number of rotatable bonds is 3. The summed E-state index contributed by atoms with van der Waals surface area (Å²) in [6, 6.07) is 18.9. The Morgan fingerprint density at radius 1 is 1.08 bits per heavy atom. The lowest BCUT2D eigenvalue weighted by atomic mass is 9.60. The highest BCUT2D eigenvalue weighted by molar-refractivity contribution is 6.05. The van der Waals surface area contributed by atoms with Crippen LogP contribution >= 0.6 is 0 Å². The van der Waals surface area contributed by atoms with Crippen LogP contribution in [0.5, 0.6) is 0 Å². The van der Waals surface area contributed by atoms with Gasteiger partial charge in [-0.1, -0.05) is 66.7 Å². The molecule has 2 aromatic rings. The van der Waals surface area contributed by atoms with E-state index in [0.29, 0.717) is 0 Å². The van der Waals surface area contributed by atoms with Crippen molar-refractivity contribution in [3.05, 3.63) is 90.0 Å². The number of allylic oxidation sites excluding steroid dienone is 1. The highest BCUT2D eigenvalue weighted by atomic mass is 16.1. The molecule has 1 heterocycles. The van der Waals surface area contributed by atoms with Gasteiger partial charge in [-0.15, -0.1) is 6.58 Å². The first-order valence-electron chi connectivity index (χ1n) is 8.95. The van der Waals surface area contributed by atoms with E-state index < -0.39 is 5.41 Å². The van der Waals surface area contributed by atoms with Crippen LogP contribution < -0.4 is 0 Å². The van der Waals surface area contributed by atoms with Gasteiger partial charge in [0.1, 0.15) is 0 Å². The van der Waals surface area contributed by atoms with E-state index in [-0.39, 0.29) is 11.7 Å². The van der Waals surface area contributed by atoms with E-state index in [0.717, 1.165) is 26.1 Å². The van der Waals surface area contributed by atoms with Gasteiger partial charge in [-0.2, -0.15) is 0 Å². The van der Waals surface area contributed by atoms with E-state index >= 15 is 0 Å². The number of nitrogens with zero attached hydrogens (tertiary/aromatic N) is 1. The van der Waals surface area contributed by atoms with Gasteiger partial charge in [0.15, 0.2) is 5.78 Å². The summed E-state index contributed by atoms with van der Waals surface area (Å²) >= 11 is 0. The van der Waals surface area contributed by atoms with Crippen molar-refractivity contribution in [1.82, 2.24) is 4.90 Å². The molecule has 1 saturated heterocycles. The lowest BCUT2D eigenvalue weighted by Crippen LogP contribution is -2.53. The molecule has 1 spiro atoms. The van der Waals surface area contributed by atoms with E-state index in [4.69, 9.17) is 0 Å². The molecule has 126 valence electrons. The maximum Gasteiger partial charge on any atom is 0.166 e. The Balaban J connectivity index is 1.65. The zero-order valence-corrected chi connectivity index (χ0v) is 14.4. The smallest absolute Gasteiger partial charge is 0.166 e. The second-order valence-corrected chi connectivity index (χ2v) is 7.07. The van der Waals surface area contributed by atoms with Gasteiger partial charge >= 0.3 is 0 Å². The standard InChI is InChI=1S/C23H23NO/c1-2-20-17-24(16-18-8-4-3-5-9-18)15-14-23(20)21-11-7-6-10-19(21)12-13-22(23)25/h2-13,20H,1,14-17H2/t20-,23+/m1/s1. The molecule has 0 unspecified atom stereocenters. The third-order valence-corrected chi connectivity index (χ3v) is 5.74. The Bertz CT molecular complexity index is 823. The fraction of sp³-hybridized carbons (Fsp3) is 0.261. The van der Waals surface area contributed by atoms with Crippen LogP contribution in [0.15, 0.2) is 73.3 Å². The molecule has 25 heavy (non-hydrogen) atoms. The molecule has 2 atom stereocenters. The van der Waals surface area contributed by atoms with Crippen LogP contribution in [0, 0.1) is 5.92 Å². The molecule has 2 aromatic carbocycles. The number of likely N-dealkylation sites (tertiary alicyclic amines) is 1. The minimum atomic E-state index is -0.444. The van der Waals surface area contributed by atoms with E-state index in [2.05, 4.69) is 47.9 Å². The van der Waals surface area contributed by atoms with Gasteiger partial charge in [-0.3, -0.25) is 9.69 Å². The molecular weight excluding hydrogens is 306 g/mol. The van der Waals surface area contributed by atoms with Crippen LogP contribution in [-0.4, -0.2) is 23.8 Å². The van der Waals surface area contributed by atoms with Crippen LogP contribution in [-0.2, 0) is 16.8 Å². The fourth-order valence-corrected chi connectivity index (χ4v) is 4.44. The summed E-state index contributed by atoms with van der Waals surface area (Å²) in [4.78, 5) is 15.5. The molecule has 0 amide bonds. The van der Waals surface area contributed by atoms with Crippen molar-refractivity contribution < 1.29 is 4.79 Å². The molecule has 2 heteroatoms. The quantitative estimate of drug-likeness (QED) is 0.786. The van der Waals surface area contributed by atoms with Crippen molar-refractivity contribution in [1.29, 1.82) is 0 Å². The molecular formula is C23H23NO. The van der Waals surface area contributed by atoms with E-state index in [1.807, 2.05) is 30.4 Å². The van der Waals surface area contributed by atoms with Gasteiger partial charge in [-0.05, 0) is 35.7 Å². The number of hydrogen-bond donors (Lipinski definition) is 0. The molecule has 0 N–H and O–H groups in total. The van der Waals surface area contributed by atoms with E-state index in [1.54, 1.807) is 6.08 Å². The van der Waals surface area contributed by atoms with Crippen molar-refractivity contribution in [3.8, 4) is 0 Å². The lowest BCUT2D eigenvalue weighted by Gasteiger charge is -2.47. The predicted molar refractivity (Wildman–Crippen MR) is 102 cm³/mol. The second kappa shape index (κ2) is 6.45. The first kappa shape index (κ1) is 16.0. The lowest BCUT2D eigenvalue weighted by molar-refractivity contribution is -0.123. The maximum atomic E-state index is 13.0. The van der Waals surface area contributed by atoms with Gasteiger partial charge in [0, 0.05) is 19.0 Å². The van der Waals surface area contributed by atoms with Gasteiger partial charge < -0.3 is 0 Å². The molecule has 0 saturated carbocycles. The van der Waals surface area contributed by atoms with E-state index in [9.17, 15) is 4.79 Å². The van der Waals surface area contributed by atoms with Crippen molar-refractivity contribution in [2.45, 2.75) is 18.4 Å². The van der Waals surface area contributed by atoms with Crippen molar-refractivity contribution >= 4 is 11.9 Å². The Kier molecular flexibility index (Phi) is 4.14. The Labute approximate surface area is 149 Å². The van der Waals surface area contributed by atoms with E-state index in [1.165, 1.54) is 16.7 Å². The molecule has 1 aliphatic carbocycles. The van der Waals surface area contributed by atoms with Crippen LogP contribution in [0.4, 0.5) is 0 Å². The zero-order chi connectivity index (χ0) is 17.3. The van der Waals surface area contributed by atoms with Crippen molar-refractivity contribution in [2.24, 2.45) is 5.92 Å². The number of fused-ring (bicyclic) bond motifs is 2. The number of carbonyl (C=O) groups is 1. The molecule has 0 aromatic heterocycles. The predicted octanol–water partition coefficient (Wildman–Crippen LogP) is 4.23. The largest absolute Gasteiger partial charge is 0.298 e. The molecule has 2 aliphatic rings. The van der Waals surface area contributed by atoms with Gasteiger partial charge in [-0.25, -0.2) is 0 Å². The second-order valence-electron chi connectivity index (χ2n) is 7.07. The summed E-state index contributed by atoms with van der Waals surface area (Å²) in [7, 11) is 0. The number of piperidine rings is 1. The van der Waals surface area contributed by atoms with Gasteiger partial charge in [0.25, 0.3) is 0 Å². The van der Waals surface area contributed by atoms with Crippen LogP contribution in [0.1, 0.15) is 23.1 Å². The normalized spacial score (nSPS) is 25.8. The first-order chi connectivity index (χ1) is 12.2. The fourth-order valence-electron chi connectivity index (χ4n) is 4.44. The maximum absolute atomic E-state index is 13.0. The third-order valence-electron chi connectivity index (χ3n) is 5.74. The molecule has 0 bridgehead atoms. The van der Waals surface area contributed by atoms with Crippen LogP contribution in [0.25, 0.3) is 6.08 Å². The Morgan fingerprint density at radius 3 is 2.64 bits per heavy atom. The molecule has 2 nitrogen and oxygen atoms in total. The van der Waals surface area contributed by atoms with Gasteiger partial charge in [0.2, 0.25) is 0 Å². The average molecular weight is 329 g/mol. The number of carbonyl (C=O) groups excluding carboxylic acids is 1. The minimum Gasteiger partial charge on any atom is -0.298 e. The van der Waals surface area contributed by atoms with Crippen LogP contribution in [0.2, 0.25) is 0 Å². The SMILES string of the molecule is C=C[C@@H]1CN(Cc2ccccc2)CC[C@]12C(=O)C=Cc1ccccc12. The summed E-state index contributed by atoms with van der Waals surface area (Å²) in [6.07, 6.45) is 6.56. The summed E-state index contributed by atoms with van der Waals surface area (Å²) in [5.41, 5.74) is 3.22. The highest BCUT2D eigenvalue weighted by Gasteiger charge is 2.49. The molecule has 4 rings (SSSR count). The zero-order valence-electron chi connectivity index (χ0n) is 14.4. The summed E-state index contributed by atoms with van der Waals surface area (Å²) in [6.45, 7) is 6.79. The highest BCUT2D eigenvalue weighted by Crippen LogP contribution is 2.45. The Hall–Kier alpha value is -2.45. The molecule has 0 radical (unpaired) electrons. The summed E-state index contributed by atoms with van der Waals surface area (Å²) in [5.74, 6) is 0.360. The summed E-state index contributed by atoms with van der Waals surface area (Å²) < 4.78 is 0. The average Bonchev–Trinajstić information content (AvgIpc) is 2.67.